The molecule has 1 amide bonds. The number of carbonyl (C=O) groups excluding carboxylic acids is 1. The summed E-state index contributed by atoms with van der Waals surface area (Å²) in [5.41, 5.74) is -0.542. The molecule has 0 saturated carbocycles. The van der Waals surface area contributed by atoms with Crippen molar-refractivity contribution in [2.45, 2.75) is 31.3 Å². The molecule has 1 saturated heterocycles. The molecule has 23 heavy (non-hydrogen) atoms. The number of nitrogens with zero attached hydrogens (tertiary/aromatic N) is 1. The Morgan fingerprint density at radius 3 is 2.61 bits per heavy atom. The van der Waals surface area contributed by atoms with Gasteiger partial charge in [0, 0.05) is 30.0 Å². The number of amides is 1. The number of hydrogen-bond acceptors (Lipinski definition) is 4. The molecule has 0 radical (unpaired) electrons. The quantitative estimate of drug-likeness (QED) is 0.836. The van der Waals surface area contributed by atoms with E-state index in [0.717, 1.165) is 4.47 Å². The Labute approximate surface area is 145 Å². The van der Waals surface area contributed by atoms with Crippen molar-refractivity contribution < 1.29 is 17.9 Å². The average molecular weight is 405 g/mol. The van der Waals surface area contributed by atoms with Crippen molar-refractivity contribution in [2.24, 2.45) is 5.92 Å². The van der Waals surface area contributed by atoms with Crippen molar-refractivity contribution in [3.63, 3.8) is 0 Å². The lowest BCUT2D eigenvalue weighted by Crippen LogP contribution is -2.53. The molecule has 0 spiro atoms. The smallest absolute Gasteiger partial charge is 0.407 e. The van der Waals surface area contributed by atoms with Crippen LogP contribution in [0, 0.1) is 5.92 Å². The van der Waals surface area contributed by atoms with Crippen LogP contribution in [0.5, 0.6) is 0 Å². The van der Waals surface area contributed by atoms with Crippen molar-refractivity contribution in [3.05, 3.63) is 28.7 Å². The van der Waals surface area contributed by atoms with Crippen LogP contribution in [0.25, 0.3) is 0 Å². The summed E-state index contributed by atoms with van der Waals surface area (Å²) in [7, 11) is -3.47. The van der Waals surface area contributed by atoms with Gasteiger partial charge >= 0.3 is 6.09 Å². The van der Waals surface area contributed by atoms with Crippen LogP contribution in [0.3, 0.4) is 0 Å². The van der Waals surface area contributed by atoms with Crippen LogP contribution in [0.2, 0.25) is 0 Å². The summed E-state index contributed by atoms with van der Waals surface area (Å²) in [6.07, 6.45) is -0.481. The van der Waals surface area contributed by atoms with Crippen molar-refractivity contribution >= 4 is 32.0 Å². The molecule has 1 N–H and O–H groups in total. The molecule has 128 valence electrons. The van der Waals surface area contributed by atoms with Gasteiger partial charge in [-0.05, 0) is 39.0 Å². The van der Waals surface area contributed by atoms with E-state index in [4.69, 9.17) is 4.74 Å². The van der Waals surface area contributed by atoms with E-state index >= 15 is 0 Å². The van der Waals surface area contributed by atoms with E-state index in [0.29, 0.717) is 19.6 Å². The van der Waals surface area contributed by atoms with E-state index in [1.807, 2.05) is 0 Å². The van der Waals surface area contributed by atoms with Crippen LogP contribution in [-0.4, -0.2) is 44.1 Å². The molecule has 6 nitrogen and oxygen atoms in total. The second-order valence-corrected chi connectivity index (χ2v) is 9.38. The predicted octanol–water partition coefficient (Wildman–Crippen LogP) is 2.59. The van der Waals surface area contributed by atoms with Gasteiger partial charge < -0.3 is 10.1 Å². The summed E-state index contributed by atoms with van der Waals surface area (Å²) < 4.78 is 32.1. The van der Waals surface area contributed by atoms with Gasteiger partial charge in [0.15, 0.2) is 0 Å². The van der Waals surface area contributed by atoms with Crippen molar-refractivity contribution in [2.75, 3.05) is 19.6 Å². The maximum Gasteiger partial charge on any atom is 0.407 e. The van der Waals surface area contributed by atoms with Gasteiger partial charge in [-0.25, -0.2) is 13.2 Å². The molecule has 8 heteroatoms. The topological polar surface area (TPSA) is 75.7 Å². The lowest BCUT2D eigenvalue weighted by Gasteiger charge is -2.38. The zero-order valence-corrected chi connectivity index (χ0v) is 15.8. The highest BCUT2D eigenvalue weighted by Gasteiger charge is 2.36. The maximum absolute atomic E-state index is 12.4. The van der Waals surface area contributed by atoms with Crippen LogP contribution in [0.1, 0.15) is 20.8 Å². The number of carbonyl (C=O) groups is 1. The number of rotatable bonds is 4. The number of nitrogens with one attached hydrogen (secondary N) is 1. The SMILES string of the molecule is CC(C)(C)OC(=O)NCC1CN(S(=O)(=O)c2cccc(Br)c2)C1. The van der Waals surface area contributed by atoms with Gasteiger partial charge in [0.25, 0.3) is 0 Å². The molecule has 0 aliphatic carbocycles. The molecular weight excluding hydrogens is 384 g/mol. The van der Waals surface area contributed by atoms with Gasteiger partial charge in [-0.1, -0.05) is 22.0 Å². The molecule has 1 fully saturated rings. The molecule has 0 bridgehead atoms. The van der Waals surface area contributed by atoms with Crippen molar-refractivity contribution in [1.29, 1.82) is 0 Å². The third-order valence-corrected chi connectivity index (χ3v) is 5.61. The Kier molecular flexibility index (Phi) is 5.37. The fraction of sp³-hybridized carbons (Fsp3) is 0.533. The van der Waals surface area contributed by atoms with E-state index in [1.165, 1.54) is 4.31 Å². The highest BCUT2D eigenvalue weighted by Crippen LogP contribution is 2.26. The number of halogens is 1. The van der Waals surface area contributed by atoms with Crippen LogP contribution in [0.15, 0.2) is 33.6 Å². The summed E-state index contributed by atoms with van der Waals surface area (Å²) in [5, 5.41) is 2.67. The second kappa shape index (κ2) is 6.78. The lowest BCUT2D eigenvalue weighted by atomic mass is 10.0. The van der Waals surface area contributed by atoms with Crippen LogP contribution in [-0.2, 0) is 14.8 Å². The van der Waals surface area contributed by atoms with E-state index < -0.39 is 21.7 Å². The highest BCUT2D eigenvalue weighted by molar-refractivity contribution is 9.10. The highest BCUT2D eigenvalue weighted by atomic mass is 79.9. The van der Waals surface area contributed by atoms with Gasteiger partial charge in [-0.3, -0.25) is 0 Å². The summed E-state index contributed by atoms with van der Waals surface area (Å²) in [6.45, 7) is 6.57. The minimum Gasteiger partial charge on any atom is -0.444 e. The van der Waals surface area contributed by atoms with E-state index in [9.17, 15) is 13.2 Å². The molecule has 0 atom stereocenters. The van der Waals surface area contributed by atoms with Gasteiger partial charge in [-0.2, -0.15) is 4.31 Å². The Morgan fingerprint density at radius 2 is 2.04 bits per heavy atom. The third-order valence-electron chi connectivity index (χ3n) is 3.29. The van der Waals surface area contributed by atoms with Crippen LogP contribution >= 0.6 is 15.9 Å². The fourth-order valence-corrected chi connectivity index (χ4v) is 4.36. The molecule has 1 aliphatic heterocycles. The monoisotopic (exact) mass is 404 g/mol. The lowest BCUT2D eigenvalue weighted by molar-refractivity contribution is 0.0503. The number of benzene rings is 1. The largest absolute Gasteiger partial charge is 0.444 e. The van der Waals surface area contributed by atoms with E-state index in [-0.39, 0.29) is 10.8 Å². The zero-order valence-electron chi connectivity index (χ0n) is 13.4. The molecule has 1 aromatic rings. The fourth-order valence-electron chi connectivity index (χ4n) is 2.17. The number of alkyl carbamates (subject to hydrolysis) is 1. The first-order chi connectivity index (χ1) is 10.6. The molecule has 1 heterocycles. The number of sulfonamides is 1. The van der Waals surface area contributed by atoms with Gasteiger partial charge in [0.1, 0.15) is 5.60 Å². The maximum atomic E-state index is 12.4. The van der Waals surface area contributed by atoms with Crippen LogP contribution in [0.4, 0.5) is 4.79 Å². The molecule has 0 aromatic heterocycles. The standard InChI is InChI=1S/C15H21BrN2O4S/c1-15(2,3)22-14(19)17-8-11-9-18(10-11)23(20,21)13-6-4-5-12(16)7-13/h4-7,11H,8-10H2,1-3H3,(H,17,19). The van der Waals surface area contributed by atoms with Gasteiger partial charge in [-0.15, -0.1) is 0 Å². The first-order valence-electron chi connectivity index (χ1n) is 7.30. The van der Waals surface area contributed by atoms with Crippen LogP contribution < -0.4 is 5.32 Å². The van der Waals surface area contributed by atoms with Gasteiger partial charge in [0.05, 0.1) is 4.90 Å². The summed E-state index contributed by atoms with van der Waals surface area (Å²) in [4.78, 5) is 11.8. The molecule has 1 aliphatic rings. The molecule has 2 rings (SSSR count). The number of hydrogen-bond donors (Lipinski definition) is 1. The molecular formula is C15H21BrN2O4S. The molecule has 0 unspecified atom stereocenters. The predicted molar refractivity (Wildman–Crippen MR) is 90.6 cm³/mol. The van der Waals surface area contributed by atoms with Gasteiger partial charge in [0.2, 0.25) is 10.0 Å². The number of ether oxygens (including phenoxy) is 1. The minimum atomic E-state index is -3.47. The van der Waals surface area contributed by atoms with Crippen molar-refractivity contribution in [3.8, 4) is 0 Å². The summed E-state index contributed by atoms with van der Waals surface area (Å²) >= 11 is 3.28. The molecule has 1 aromatic carbocycles. The van der Waals surface area contributed by atoms with Crippen molar-refractivity contribution in [1.82, 2.24) is 9.62 Å². The Morgan fingerprint density at radius 1 is 1.39 bits per heavy atom. The Bertz CT molecular complexity index is 679. The third kappa shape index (κ3) is 4.92. The minimum absolute atomic E-state index is 0.101. The summed E-state index contributed by atoms with van der Waals surface area (Å²) in [6, 6.07) is 6.63. The van der Waals surface area contributed by atoms with E-state index in [1.54, 1.807) is 45.0 Å². The average Bonchev–Trinajstić information content (AvgIpc) is 2.34. The zero-order chi connectivity index (χ0) is 17.3. The first-order valence-corrected chi connectivity index (χ1v) is 9.54. The summed E-state index contributed by atoms with van der Waals surface area (Å²) in [5.74, 6) is 0.101. The Hall–Kier alpha value is -1.12. The normalized spacial score (nSPS) is 16.7. The first kappa shape index (κ1) is 18.2. The van der Waals surface area contributed by atoms with E-state index in [2.05, 4.69) is 21.2 Å². The second-order valence-electron chi connectivity index (χ2n) is 6.53. The Balaban J connectivity index is 1.84.